The fourth-order valence-corrected chi connectivity index (χ4v) is 6.52. The molecule has 1 saturated carbocycles. The number of H-pyrrole nitrogens is 1. The van der Waals surface area contributed by atoms with E-state index < -0.39 is 11.5 Å². The maximum atomic E-state index is 15.6. The van der Waals surface area contributed by atoms with Gasteiger partial charge in [-0.05, 0) is 62.1 Å². The Bertz CT molecular complexity index is 1140. The Morgan fingerprint density at radius 3 is 2.76 bits per heavy atom. The van der Waals surface area contributed by atoms with Crippen molar-refractivity contribution in [1.82, 2.24) is 9.55 Å². The minimum atomic E-state index is -0.490. The van der Waals surface area contributed by atoms with Gasteiger partial charge < -0.3 is 5.11 Å². The van der Waals surface area contributed by atoms with Crippen molar-refractivity contribution in [3.63, 3.8) is 0 Å². The van der Waals surface area contributed by atoms with E-state index in [4.69, 9.17) is 0 Å². The van der Waals surface area contributed by atoms with Gasteiger partial charge in [0.1, 0.15) is 5.83 Å². The Hall–Kier alpha value is -1.99. The van der Waals surface area contributed by atoms with E-state index in [9.17, 15) is 14.7 Å². The number of halogens is 1. The van der Waals surface area contributed by atoms with Crippen molar-refractivity contribution in [3.8, 4) is 0 Å². The molecule has 2 heterocycles. The molecule has 7 heteroatoms. The number of aryl methyl sites for hydroxylation is 1. The van der Waals surface area contributed by atoms with Crippen molar-refractivity contribution in [1.29, 1.82) is 0 Å². The first kappa shape index (κ1) is 19.0. The van der Waals surface area contributed by atoms with Gasteiger partial charge >= 0.3 is 5.69 Å². The molecule has 2 N–H and O–H groups in total. The van der Waals surface area contributed by atoms with Gasteiger partial charge in [-0.2, -0.15) is 0 Å². The number of aliphatic hydroxyl groups is 1. The average molecular weight is 417 g/mol. The van der Waals surface area contributed by atoms with Gasteiger partial charge in [0.15, 0.2) is 0 Å². The lowest BCUT2D eigenvalue weighted by Crippen LogP contribution is -2.38. The van der Waals surface area contributed by atoms with E-state index in [-0.39, 0.29) is 36.0 Å². The highest BCUT2D eigenvalue weighted by atomic mass is 32.1. The molecule has 5 rings (SSSR count). The van der Waals surface area contributed by atoms with E-state index in [0.29, 0.717) is 16.8 Å². The second-order valence-corrected chi connectivity index (χ2v) is 9.92. The van der Waals surface area contributed by atoms with E-state index >= 15 is 4.39 Å². The molecule has 3 aliphatic rings. The molecule has 3 atom stereocenters. The van der Waals surface area contributed by atoms with Crippen molar-refractivity contribution in [2.75, 3.05) is 6.61 Å². The van der Waals surface area contributed by atoms with Crippen LogP contribution in [-0.2, 0) is 12.8 Å². The van der Waals surface area contributed by atoms with Crippen LogP contribution in [0.4, 0.5) is 4.39 Å². The molecule has 0 saturated heterocycles. The molecule has 0 spiro atoms. The maximum Gasteiger partial charge on any atom is 0.328 e. The van der Waals surface area contributed by atoms with Gasteiger partial charge in [-0.3, -0.25) is 14.3 Å². The summed E-state index contributed by atoms with van der Waals surface area (Å²) in [6.45, 7) is 3.77. The first-order chi connectivity index (χ1) is 13.9. The third kappa shape index (κ3) is 2.89. The Morgan fingerprint density at radius 2 is 2.07 bits per heavy atom. The van der Waals surface area contributed by atoms with Crippen LogP contribution in [0.1, 0.15) is 77.6 Å². The van der Waals surface area contributed by atoms with Crippen LogP contribution in [0.25, 0.3) is 5.57 Å². The number of fused-ring (bicyclic) bond motifs is 2. The van der Waals surface area contributed by atoms with Gasteiger partial charge in [0.2, 0.25) is 0 Å². The highest BCUT2D eigenvalue weighted by Gasteiger charge is 2.41. The zero-order valence-electron chi connectivity index (χ0n) is 16.6. The predicted molar refractivity (Wildman–Crippen MR) is 111 cm³/mol. The molecular weight excluding hydrogens is 391 g/mol. The number of hydrogen-bond acceptors (Lipinski definition) is 4. The molecule has 154 valence electrons. The highest BCUT2D eigenvalue weighted by molar-refractivity contribution is 7.12. The summed E-state index contributed by atoms with van der Waals surface area (Å²) in [5, 5.41) is 9.51. The fourth-order valence-electron chi connectivity index (χ4n) is 5.10. The summed E-state index contributed by atoms with van der Waals surface area (Å²) < 4.78 is 17.3. The number of allylic oxidation sites excluding steroid dienone is 2. The van der Waals surface area contributed by atoms with Crippen molar-refractivity contribution in [3.05, 3.63) is 59.3 Å². The summed E-state index contributed by atoms with van der Waals surface area (Å²) in [5.41, 5.74) is 1.70. The SMILES string of the molecule is CC1=C(F)C(c2cc3c(s2)CCC(CO)C3)C(C)c2c1c(=O)[nH]c(=O)n2C1CC1. The second-order valence-electron chi connectivity index (χ2n) is 8.75. The highest BCUT2D eigenvalue weighted by Crippen LogP contribution is 2.51. The summed E-state index contributed by atoms with van der Waals surface area (Å²) in [6.07, 6.45) is 4.53. The lowest BCUT2D eigenvalue weighted by Gasteiger charge is -2.32. The molecule has 0 bridgehead atoms. The number of aliphatic hydroxyl groups excluding tert-OH is 1. The Kier molecular flexibility index (Phi) is 4.44. The van der Waals surface area contributed by atoms with Gasteiger partial charge in [0, 0.05) is 34.0 Å². The molecule has 1 fully saturated rings. The first-order valence-corrected chi connectivity index (χ1v) is 11.2. The summed E-state index contributed by atoms with van der Waals surface area (Å²) in [7, 11) is 0. The zero-order valence-corrected chi connectivity index (χ0v) is 17.4. The Morgan fingerprint density at radius 1 is 1.31 bits per heavy atom. The zero-order chi connectivity index (χ0) is 20.4. The second kappa shape index (κ2) is 6.77. The molecule has 0 amide bonds. The fraction of sp³-hybridized carbons (Fsp3) is 0.545. The molecule has 0 aliphatic heterocycles. The van der Waals surface area contributed by atoms with Gasteiger partial charge in [-0.25, -0.2) is 9.18 Å². The quantitative estimate of drug-likeness (QED) is 0.802. The van der Waals surface area contributed by atoms with E-state index in [1.54, 1.807) is 22.8 Å². The van der Waals surface area contributed by atoms with Crippen LogP contribution < -0.4 is 11.2 Å². The maximum absolute atomic E-state index is 15.6. The molecule has 2 aromatic heterocycles. The summed E-state index contributed by atoms with van der Waals surface area (Å²) in [5.74, 6) is -0.765. The van der Waals surface area contributed by atoms with Crippen LogP contribution in [-0.4, -0.2) is 21.3 Å². The monoisotopic (exact) mass is 416 g/mol. The van der Waals surface area contributed by atoms with Crippen LogP contribution in [0, 0.1) is 5.92 Å². The standard InChI is InChI=1S/C22H25FN2O3S/c1-10-18-20(25(14-4-5-14)22(28)24-21(18)27)11(2)17(19(10)23)16-8-13-7-12(9-26)3-6-15(13)29-16/h8,11-12,14,17,26H,3-7,9H2,1-2H3,(H,24,27,28). The van der Waals surface area contributed by atoms with Gasteiger partial charge in [0.05, 0.1) is 11.5 Å². The van der Waals surface area contributed by atoms with Gasteiger partial charge in [-0.15, -0.1) is 11.3 Å². The molecule has 3 unspecified atom stereocenters. The smallest absolute Gasteiger partial charge is 0.328 e. The summed E-state index contributed by atoms with van der Waals surface area (Å²) in [4.78, 5) is 29.8. The van der Waals surface area contributed by atoms with Crippen molar-refractivity contribution >= 4 is 16.9 Å². The van der Waals surface area contributed by atoms with Crippen molar-refractivity contribution < 1.29 is 9.50 Å². The molecule has 0 radical (unpaired) electrons. The number of nitrogens with zero attached hydrogens (tertiary/aromatic N) is 1. The summed E-state index contributed by atoms with van der Waals surface area (Å²) in [6, 6.07) is 2.19. The van der Waals surface area contributed by atoms with E-state index in [0.717, 1.165) is 37.0 Å². The van der Waals surface area contributed by atoms with Gasteiger partial charge in [0.25, 0.3) is 5.56 Å². The number of rotatable bonds is 3. The molecule has 5 nitrogen and oxygen atoms in total. The van der Waals surface area contributed by atoms with Gasteiger partial charge in [-0.1, -0.05) is 6.92 Å². The lowest BCUT2D eigenvalue weighted by atomic mass is 9.78. The van der Waals surface area contributed by atoms with Crippen molar-refractivity contribution in [2.45, 2.75) is 63.8 Å². The first-order valence-electron chi connectivity index (χ1n) is 10.4. The predicted octanol–water partition coefficient (Wildman–Crippen LogP) is 3.63. The molecular formula is C22H25FN2O3S. The van der Waals surface area contributed by atoms with Crippen LogP contribution >= 0.6 is 11.3 Å². The van der Waals surface area contributed by atoms with Crippen LogP contribution in [0.15, 0.2) is 21.5 Å². The minimum Gasteiger partial charge on any atom is -0.396 e. The number of nitrogens with one attached hydrogen (secondary N) is 1. The van der Waals surface area contributed by atoms with Crippen LogP contribution in [0.5, 0.6) is 0 Å². The summed E-state index contributed by atoms with van der Waals surface area (Å²) >= 11 is 1.65. The Labute approximate surface area is 171 Å². The van der Waals surface area contributed by atoms with Crippen LogP contribution in [0.3, 0.4) is 0 Å². The third-order valence-corrected chi connectivity index (χ3v) is 8.12. The molecule has 29 heavy (non-hydrogen) atoms. The molecule has 2 aromatic rings. The van der Waals surface area contributed by atoms with Crippen molar-refractivity contribution in [2.24, 2.45) is 5.92 Å². The molecule has 3 aliphatic carbocycles. The number of aromatic nitrogens is 2. The molecule has 0 aromatic carbocycles. The third-order valence-electron chi connectivity index (χ3n) is 6.80. The average Bonchev–Trinajstić information content (AvgIpc) is 3.43. The van der Waals surface area contributed by atoms with Crippen LogP contribution in [0.2, 0.25) is 0 Å². The van der Waals surface area contributed by atoms with E-state index in [2.05, 4.69) is 11.1 Å². The number of aromatic amines is 1. The number of thiophene rings is 1. The largest absolute Gasteiger partial charge is 0.396 e. The normalized spacial score (nSPS) is 26.4. The topological polar surface area (TPSA) is 75.1 Å². The van der Waals surface area contributed by atoms with E-state index in [1.807, 2.05) is 6.92 Å². The lowest BCUT2D eigenvalue weighted by molar-refractivity contribution is 0.214. The van der Waals surface area contributed by atoms with E-state index in [1.165, 1.54) is 10.4 Å². The number of hydrogen-bond donors (Lipinski definition) is 2. The minimum absolute atomic E-state index is 0.104. The Balaban J connectivity index is 1.66.